The van der Waals surface area contributed by atoms with Crippen molar-refractivity contribution in [3.8, 4) is 0 Å². The molecule has 4 saturated heterocycles. The number of hydrogen-bond acceptors (Lipinski definition) is 4. The van der Waals surface area contributed by atoms with Crippen LogP contribution in [0.15, 0.2) is 28.7 Å². The van der Waals surface area contributed by atoms with Crippen molar-refractivity contribution in [3.63, 3.8) is 0 Å². The van der Waals surface area contributed by atoms with E-state index >= 15 is 0 Å². The molecule has 106 valence electrons. The van der Waals surface area contributed by atoms with E-state index in [1.54, 1.807) is 0 Å². The molecule has 1 aromatic carbocycles. The van der Waals surface area contributed by atoms with Crippen LogP contribution in [-0.4, -0.2) is 60.4 Å². The highest BCUT2D eigenvalue weighted by Gasteiger charge is 2.60. The zero-order valence-corrected chi connectivity index (χ0v) is 12.9. The Morgan fingerprint density at radius 1 is 1.10 bits per heavy atom. The molecule has 4 aliphatic rings. The van der Waals surface area contributed by atoms with E-state index in [1.165, 1.54) is 0 Å². The third-order valence-electron chi connectivity index (χ3n) is 5.00. The Balaban J connectivity index is 1.89. The van der Waals surface area contributed by atoms with Gasteiger partial charge < -0.3 is 5.73 Å². The molecule has 1 aromatic rings. The molecule has 2 N–H and O–H groups in total. The summed E-state index contributed by atoms with van der Waals surface area (Å²) in [5, 5.41) is 0. The van der Waals surface area contributed by atoms with E-state index in [0.717, 1.165) is 36.2 Å². The fourth-order valence-electron chi connectivity index (χ4n) is 4.24. The van der Waals surface area contributed by atoms with Crippen molar-refractivity contribution in [3.05, 3.63) is 34.3 Å². The maximum atomic E-state index is 13.1. The molecule has 2 unspecified atom stereocenters. The SMILES string of the molecule is NC12CN3CCN(C1)CC(c1cccc(Br)c1)(C3)C2=O. The summed E-state index contributed by atoms with van der Waals surface area (Å²) in [4.78, 5) is 17.8. The van der Waals surface area contributed by atoms with Gasteiger partial charge in [0.25, 0.3) is 0 Å². The van der Waals surface area contributed by atoms with E-state index in [2.05, 4.69) is 37.9 Å². The van der Waals surface area contributed by atoms with E-state index in [9.17, 15) is 4.79 Å². The Morgan fingerprint density at radius 2 is 1.75 bits per heavy atom. The number of benzene rings is 1. The van der Waals surface area contributed by atoms with Crippen LogP contribution in [0.3, 0.4) is 0 Å². The number of nitrogens with two attached hydrogens (primary N) is 1. The van der Waals surface area contributed by atoms with Crippen LogP contribution in [0.25, 0.3) is 0 Å². The number of ketones is 1. The zero-order valence-electron chi connectivity index (χ0n) is 11.3. The number of carbonyl (C=O) groups is 1. The van der Waals surface area contributed by atoms with Gasteiger partial charge in [-0.3, -0.25) is 14.6 Å². The number of piperidine rings is 2. The van der Waals surface area contributed by atoms with Crippen LogP contribution in [0, 0.1) is 0 Å². The quantitative estimate of drug-likeness (QED) is 0.816. The Bertz CT molecular complexity index is 572. The summed E-state index contributed by atoms with van der Waals surface area (Å²) in [6, 6.07) is 8.16. The van der Waals surface area contributed by atoms with Crippen molar-refractivity contribution < 1.29 is 4.79 Å². The molecule has 4 nitrogen and oxygen atoms in total. The number of carbonyl (C=O) groups excluding carboxylic acids is 1. The van der Waals surface area contributed by atoms with Crippen molar-refractivity contribution in [1.82, 2.24) is 9.80 Å². The minimum absolute atomic E-state index is 0.234. The molecule has 4 fully saturated rings. The van der Waals surface area contributed by atoms with Crippen molar-refractivity contribution in [2.75, 3.05) is 39.3 Å². The first kappa shape index (κ1) is 13.0. The molecular weight excluding hydrogens is 318 g/mol. The fourth-order valence-corrected chi connectivity index (χ4v) is 4.64. The van der Waals surface area contributed by atoms with Crippen molar-refractivity contribution in [2.24, 2.45) is 5.73 Å². The standard InChI is InChI=1S/C15H18BrN3O/c16-12-3-1-2-11(6-12)14-7-18-4-5-19(8-14)10-15(17,9-18)13(14)20/h1-3,6H,4-5,7-10,17H2. The second kappa shape index (κ2) is 4.13. The van der Waals surface area contributed by atoms with Crippen LogP contribution < -0.4 is 5.73 Å². The molecule has 0 aliphatic carbocycles. The summed E-state index contributed by atoms with van der Waals surface area (Å²) >= 11 is 3.52. The van der Waals surface area contributed by atoms with Crippen molar-refractivity contribution in [1.29, 1.82) is 0 Å². The third kappa shape index (κ3) is 1.67. The fraction of sp³-hybridized carbons (Fsp3) is 0.533. The van der Waals surface area contributed by atoms with Gasteiger partial charge >= 0.3 is 0 Å². The minimum atomic E-state index is -0.699. The van der Waals surface area contributed by atoms with E-state index in [1.807, 2.05) is 12.1 Å². The molecule has 2 atom stereocenters. The van der Waals surface area contributed by atoms with Gasteiger partial charge in [0.05, 0.1) is 5.41 Å². The molecule has 0 amide bonds. The average Bonchev–Trinajstić information content (AvgIpc) is 2.63. The Kier molecular flexibility index (Phi) is 2.68. The molecule has 4 bridgehead atoms. The van der Waals surface area contributed by atoms with Gasteiger partial charge in [0.1, 0.15) is 5.54 Å². The number of rotatable bonds is 1. The van der Waals surface area contributed by atoms with Gasteiger partial charge in [0.15, 0.2) is 5.78 Å². The van der Waals surface area contributed by atoms with E-state index in [-0.39, 0.29) is 5.78 Å². The summed E-state index contributed by atoms with van der Waals surface area (Å²) in [5.41, 5.74) is 6.43. The van der Waals surface area contributed by atoms with Crippen molar-refractivity contribution >= 4 is 21.7 Å². The first-order valence-corrected chi connectivity index (χ1v) is 7.86. The molecule has 5 heteroatoms. The summed E-state index contributed by atoms with van der Waals surface area (Å²) in [5.74, 6) is 0.234. The van der Waals surface area contributed by atoms with Gasteiger partial charge in [-0.05, 0) is 17.7 Å². The molecule has 0 saturated carbocycles. The second-order valence-corrected chi connectivity index (χ2v) is 7.41. The number of hydrogen-bond donors (Lipinski definition) is 1. The number of halogens is 1. The number of fused-ring (bicyclic) bond motifs is 1. The lowest BCUT2D eigenvalue weighted by molar-refractivity contribution is -0.140. The topological polar surface area (TPSA) is 49.6 Å². The Labute approximate surface area is 127 Å². The number of Topliss-reactive ketones (excluding diaryl/α,β-unsaturated/α-hetero) is 1. The van der Waals surface area contributed by atoms with Gasteiger partial charge in [-0.15, -0.1) is 0 Å². The Hall–Kier alpha value is -0.750. The minimum Gasteiger partial charge on any atom is -0.317 e. The van der Waals surface area contributed by atoms with Gasteiger partial charge in [0.2, 0.25) is 0 Å². The summed E-state index contributed by atoms with van der Waals surface area (Å²) in [6.07, 6.45) is 0. The van der Waals surface area contributed by atoms with Crippen LogP contribution >= 0.6 is 15.9 Å². The molecule has 0 aromatic heterocycles. The smallest absolute Gasteiger partial charge is 0.168 e. The van der Waals surface area contributed by atoms with E-state index in [4.69, 9.17) is 5.73 Å². The van der Waals surface area contributed by atoms with Gasteiger partial charge in [0, 0.05) is 43.7 Å². The molecule has 4 aliphatic heterocycles. The lowest BCUT2D eigenvalue weighted by Gasteiger charge is -2.53. The average molecular weight is 336 g/mol. The number of nitrogens with zero attached hydrogens (tertiary/aromatic N) is 2. The van der Waals surface area contributed by atoms with Gasteiger partial charge in [-0.25, -0.2) is 0 Å². The van der Waals surface area contributed by atoms with Crippen LogP contribution in [-0.2, 0) is 10.2 Å². The highest BCUT2D eigenvalue weighted by molar-refractivity contribution is 9.10. The third-order valence-corrected chi connectivity index (χ3v) is 5.49. The maximum absolute atomic E-state index is 13.1. The van der Waals surface area contributed by atoms with Gasteiger partial charge in [-0.2, -0.15) is 0 Å². The van der Waals surface area contributed by atoms with Crippen LogP contribution in [0.4, 0.5) is 0 Å². The predicted molar refractivity (Wildman–Crippen MR) is 80.6 cm³/mol. The summed E-state index contributed by atoms with van der Waals surface area (Å²) in [7, 11) is 0. The van der Waals surface area contributed by atoms with Crippen LogP contribution in [0.5, 0.6) is 0 Å². The Morgan fingerprint density at radius 3 is 2.35 bits per heavy atom. The first-order valence-electron chi connectivity index (χ1n) is 7.06. The lowest BCUT2D eigenvalue weighted by atomic mass is 9.64. The predicted octanol–water partition coefficient (Wildman–Crippen LogP) is 0.598. The van der Waals surface area contributed by atoms with Crippen molar-refractivity contribution in [2.45, 2.75) is 11.0 Å². The molecule has 0 radical (unpaired) electrons. The summed E-state index contributed by atoms with van der Waals surface area (Å²) < 4.78 is 1.02. The van der Waals surface area contributed by atoms with E-state index in [0.29, 0.717) is 13.1 Å². The molecule has 4 heterocycles. The van der Waals surface area contributed by atoms with Gasteiger partial charge in [-0.1, -0.05) is 28.1 Å². The zero-order chi connectivity index (χ0) is 14.0. The molecular formula is C15H18BrN3O. The lowest BCUT2D eigenvalue weighted by Crippen LogP contribution is -2.76. The highest BCUT2D eigenvalue weighted by Crippen LogP contribution is 2.41. The van der Waals surface area contributed by atoms with Crippen LogP contribution in [0.1, 0.15) is 5.56 Å². The molecule has 0 spiro atoms. The monoisotopic (exact) mass is 335 g/mol. The normalized spacial score (nSPS) is 42.8. The highest BCUT2D eigenvalue weighted by atomic mass is 79.9. The molecule has 5 rings (SSSR count). The molecule has 20 heavy (non-hydrogen) atoms. The summed E-state index contributed by atoms with van der Waals surface area (Å²) in [6.45, 7) is 5.05. The largest absolute Gasteiger partial charge is 0.317 e. The first-order chi connectivity index (χ1) is 9.52. The maximum Gasteiger partial charge on any atom is 0.168 e. The van der Waals surface area contributed by atoms with E-state index < -0.39 is 11.0 Å². The second-order valence-electron chi connectivity index (χ2n) is 6.50. The van der Waals surface area contributed by atoms with Crippen LogP contribution in [0.2, 0.25) is 0 Å².